The molecule has 1 aromatic carbocycles. The first kappa shape index (κ1) is 24.7. The maximum Gasteiger partial charge on any atom is 0.338 e. The minimum absolute atomic E-state index is 0.0477. The summed E-state index contributed by atoms with van der Waals surface area (Å²) in [5.74, 6) is 0.631. The smallest absolute Gasteiger partial charge is 0.338 e. The summed E-state index contributed by atoms with van der Waals surface area (Å²) < 4.78 is 11.2. The van der Waals surface area contributed by atoms with Crippen LogP contribution in [-0.2, 0) is 10.6 Å². The topological polar surface area (TPSA) is 38.8 Å². The Morgan fingerprint density at radius 1 is 1.15 bits per heavy atom. The molecule has 0 aliphatic heterocycles. The summed E-state index contributed by atoms with van der Waals surface area (Å²) in [5.41, 5.74) is 1.23. The second kappa shape index (κ2) is 13.9. The Morgan fingerprint density at radius 3 is 2.23 bits per heavy atom. The zero-order chi connectivity index (χ0) is 20.1. The van der Waals surface area contributed by atoms with Gasteiger partial charge < -0.3 is 9.47 Å². The summed E-state index contributed by atoms with van der Waals surface area (Å²) >= 11 is 6.00. The number of halogens is 1. The molecule has 0 saturated heterocycles. The van der Waals surface area contributed by atoms with E-state index in [4.69, 9.17) is 21.1 Å². The van der Waals surface area contributed by atoms with Gasteiger partial charge in [-0.1, -0.05) is 34.6 Å². The van der Waals surface area contributed by atoms with Crippen LogP contribution in [0.4, 0.5) is 0 Å². The second-order valence-corrected chi connectivity index (χ2v) is 5.96. The Labute approximate surface area is 164 Å². The minimum Gasteiger partial charge on any atom is -0.489 e. The predicted molar refractivity (Wildman–Crippen MR) is 110 cm³/mol. The van der Waals surface area contributed by atoms with Crippen LogP contribution in [0.5, 0.6) is 5.75 Å². The molecule has 1 rings (SSSR count). The molecule has 0 aromatic heterocycles. The summed E-state index contributed by atoms with van der Waals surface area (Å²) in [6.07, 6.45) is 1.07. The number of carbonyl (C=O) groups is 1. The normalized spacial score (nSPS) is 12.8. The van der Waals surface area contributed by atoms with Gasteiger partial charge in [0.05, 0.1) is 12.2 Å². The van der Waals surface area contributed by atoms with E-state index in [1.165, 1.54) is 0 Å². The van der Waals surface area contributed by atoms with Gasteiger partial charge in [0.25, 0.3) is 0 Å². The molecular formula is C21H36ClNO3. The zero-order valence-corrected chi connectivity index (χ0v) is 18.2. The molecule has 1 aromatic rings. The maximum absolute atomic E-state index is 12.0. The molecule has 2 atom stereocenters. The summed E-state index contributed by atoms with van der Waals surface area (Å²) in [7, 11) is 0. The van der Waals surface area contributed by atoms with Crippen molar-refractivity contribution in [3.8, 4) is 5.75 Å². The molecule has 0 spiro atoms. The van der Waals surface area contributed by atoms with Gasteiger partial charge in [-0.15, -0.1) is 11.6 Å². The fourth-order valence-corrected chi connectivity index (χ4v) is 3.26. The predicted octanol–water partition coefficient (Wildman–Crippen LogP) is 5.52. The van der Waals surface area contributed by atoms with Crippen LogP contribution in [0.2, 0.25) is 0 Å². The molecule has 4 nitrogen and oxygen atoms in total. The van der Waals surface area contributed by atoms with Crippen LogP contribution >= 0.6 is 11.6 Å². The lowest BCUT2D eigenvalue weighted by molar-refractivity contribution is 0.0525. The molecule has 0 fully saturated rings. The molecule has 0 amide bonds. The molecule has 0 bridgehead atoms. The summed E-state index contributed by atoms with van der Waals surface area (Å²) in [6, 6.07) is 5.73. The van der Waals surface area contributed by atoms with Crippen LogP contribution < -0.4 is 4.74 Å². The lowest BCUT2D eigenvalue weighted by Gasteiger charge is -2.33. The summed E-state index contributed by atoms with van der Waals surface area (Å²) in [4.78, 5) is 14.4. The third kappa shape index (κ3) is 7.16. The van der Waals surface area contributed by atoms with Crippen molar-refractivity contribution in [3.63, 3.8) is 0 Å². The van der Waals surface area contributed by atoms with E-state index >= 15 is 0 Å². The van der Waals surface area contributed by atoms with Crippen molar-refractivity contribution >= 4 is 17.6 Å². The lowest BCUT2D eigenvalue weighted by atomic mass is 10.1. The van der Waals surface area contributed by atoms with Crippen molar-refractivity contribution in [2.75, 3.05) is 19.7 Å². The van der Waals surface area contributed by atoms with Gasteiger partial charge in [0.1, 0.15) is 11.9 Å². The fourth-order valence-electron chi connectivity index (χ4n) is 3.03. The standard InChI is InChI=1S/C19H30ClNO3.C2H6/c1-6-18(21(7-2)8-3)14(5)24-16-10-11-17(15(12-16)13-20)19(22)23-9-4;1-2/h10-12,14,18H,6-9,13H2,1-5H3;1-2H3. The molecule has 0 aliphatic rings. The van der Waals surface area contributed by atoms with Crippen LogP contribution in [0.25, 0.3) is 0 Å². The van der Waals surface area contributed by atoms with Crippen LogP contribution in [-0.4, -0.2) is 42.7 Å². The van der Waals surface area contributed by atoms with Crippen LogP contribution in [0.1, 0.15) is 70.8 Å². The molecule has 0 saturated carbocycles. The molecule has 26 heavy (non-hydrogen) atoms. The summed E-state index contributed by atoms with van der Waals surface area (Å²) in [6.45, 7) is 16.7. The zero-order valence-electron chi connectivity index (χ0n) is 17.5. The van der Waals surface area contributed by atoms with Crippen molar-refractivity contribution in [2.24, 2.45) is 0 Å². The maximum atomic E-state index is 12.0. The second-order valence-electron chi connectivity index (χ2n) is 5.69. The van der Waals surface area contributed by atoms with Crippen LogP contribution in [0, 0.1) is 0 Å². The van der Waals surface area contributed by atoms with E-state index in [1.54, 1.807) is 13.0 Å². The van der Waals surface area contributed by atoms with Gasteiger partial charge in [-0.05, 0) is 57.1 Å². The Hall–Kier alpha value is -1.26. The van der Waals surface area contributed by atoms with Gasteiger partial charge in [-0.25, -0.2) is 4.79 Å². The number of rotatable bonds is 10. The van der Waals surface area contributed by atoms with E-state index < -0.39 is 0 Å². The van der Waals surface area contributed by atoms with Gasteiger partial charge in [0, 0.05) is 11.9 Å². The lowest BCUT2D eigenvalue weighted by Crippen LogP contribution is -2.44. The van der Waals surface area contributed by atoms with Gasteiger partial charge >= 0.3 is 5.97 Å². The first-order valence-electron chi connectivity index (χ1n) is 9.78. The number of hydrogen-bond acceptors (Lipinski definition) is 4. The highest BCUT2D eigenvalue weighted by Crippen LogP contribution is 2.23. The van der Waals surface area contributed by atoms with E-state index in [2.05, 4.69) is 32.6 Å². The van der Waals surface area contributed by atoms with Crippen molar-refractivity contribution in [1.29, 1.82) is 0 Å². The average Bonchev–Trinajstić information content (AvgIpc) is 2.67. The minimum atomic E-state index is -0.345. The number of nitrogens with zero attached hydrogens (tertiary/aromatic N) is 1. The van der Waals surface area contributed by atoms with Crippen LogP contribution in [0.3, 0.4) is 0 Å². The molecule has 0 heterocycles. The Kier molecular flexibility index (Phi) is 13.2. The van der Waals surface area contributed by atoms with Crippen molar-refractivity contribution in [3.05, 3.63) is 29.3 Å². The van der Waals surface area contributed by atoms with Crippen molar-refractivity contribution < 1.29 is 14.3 Å². The molecular weight excluding hydrogens is 350 g/mol. The average molecular weight is 386 g/mol. The Balaban J connectivity index is 0.00000301. The third-order valence-corrected chi connectivity index (χ3v) is 4.57. The quantitative estimate of drug-likeness (QED) is 0.393. The molecule has 0 aliphatic carbocycles. The third-order valence-electron chi connectivity index (χ3n) is 4.28. The number of hydrogen-bond donors (Lipinski definition) is 0. The number of likely N-dealkylation sites (N-methyl/N-ethyl adjacent to an activating group) is 1. The first-order valence-corrected chi connectivity index (χ1v) is 10.3. The van der Waals surface area contributed by atoms with E-state index in [-0.39, 0.29) is 18.0 Å². The van der Waals surface area contributed by atoms with Crippen molar-refractivity contribution in [1.82, 2.24) is 4.90 Å². The first-order chi connectivity index (χ1) is 12.5. The van der Waals surface area contributed by atoms with E-state index in [0.29, 0.717) is 18.2 Å². The van der Waals surface area contributed by atoms with Crippen LogP contribution in [0.15, 0.2) is 18.2 Å². The Bertz CT molecular complexity index is 518. The highest BCUT2D eigenvalue weighted by atomic mass is 35.5. The SMILES string of the molecule is CC.CCOC(=O)c1ccc(OC(C)C(CC)N(CC)CC)cc1CCl. The van der Waals surface area contributed by atoms with E-state index in [9.17, 15) is 4.79 Å². The fraction of sp³-hybridized carbons (Fsp3) is 0.667. The molecule has 0 radical (unpaired) electrons. The summed E-state index contributed by atoms with van der Waals surface area (Å²) in [5, 5.41) is 0. The number of alkyl halides is 1. The number of carbonyl (C=O) groups excluding carboxylic acids is 1. The molecule has 0 N–H and O–H groups in total. The number of ether oxygens (including phenoxy) is 2. The van der Waals surface area contributed by atoms with Gasteiger partial charge in [0.15, 0.2) is 0 Å². The molecule has 5 heteroatoms. The number of benzene rings is 1. The van der Waals surface area contributed by atoms with Gasteiger partial charge in [-0.2, -0.15) is 0 Å². The largest absolute Gasteiger partial charge is 0.489 e. The molecule has 150 valence electrons. The van der Waals surface area contributed by atoms with E-state index in [1.807, 2.05) is 26.0 Å². The Morgan fingerprint density at radius 2 is 1.77 bits per heavy atom. The highest BCUT2D eigenvalue weighted by Gasteiger charge is 2.23. The van der Waals surface area contributed by atoms with E-state index in [0.717, 1.165) is 30.8 Å². The van der Waals surface area contributed by atoms with Gasteiger partial charge in [0.2, 0.25) is 0 Å². The van der Waals surface area contributed by atoms with Crippen molar-refractivity contribution in [2.45, 2.75) is 72.9 Å². The highest BCUT2D eigenvalue weighted by molar-refractivity contribution is 6.17. The molecule has 2 unspecified atom stereocenters. The van der Waals surface area contributed by atoms with Gasteiger partial charge in [-0.3, -0.25) is 4.90 Å². The number of esters is 1. The monoisotopic (exact) mass is 385 g/mol.